The molecule has 0 saturated carbocycles. The minimum Gasteiger partial charge on any atom is -0.353 e. The van der Waals surface area contributed by atoms with Gasteiger partial charge in [0.25, 0.3) is 0 Å². The molecule has 2 N–H and O–H groups in total. The van der Waals surface area contributed by atoms with Crippen LogP contribution in [0.15, 0.2) is 17.1 Å². The van der Waals surface area contributed by atoms with E-state index in [1.54, 1.807) is 0 Å². The second-order valence-corrected chi connectivity index (χ2v) is 5.70. The van der Waals surface area contributed by atoms with E-state index in [-0.39, 0.29) is 24.0 Å². The Morgan fingerprint density at radius 2 is 2.09 bits per heavy atom. The highest BCUT2D eigenvalue weighted by atomic mass is 127. The number of aryl methyl sites for hydroxylation is 1. The summed E-state index contributed by atoms with van der Waals surface area (Å²) >= 11 is 0. The van der Waals surface area contributed by atoms with E-state index < -0.39 is 0 Å². The fourth-order valence-electron chi connectivity index (χ4n) is 2.96. The van der Waals surface area contributed by atoms with Gasteiger partial charge in [-0.05, 0) is 25.7 Å². The largest absolute Gasteiger partial charge is 0.353 e. The number of fused-ring (bicyclic) bond motifs is 1. The van der Waals surface area contributed by atoms with Crippen molar-refractivity contribution in [3.63, 3.8) is 0 Å². The molecule has 122 valence electrons. The molecule has 2 heterocycles. The van der Waals surface area contributed by atoms with Crippen LogP contribution in [0, 0.1) is 0 Å². The predicted molar refractivity (Wildman–Crippen MR) is 98.5 cm³/mol. The van der Waals surface area contributed by atoms with E-state index in [1.807, 2.05) is 7.05 Å². The average Bonchev–Trinajstić information content (AvgIpc) is 3.08. The van der Waals surface area contributed by atoms with Crippen LogP contribution in [-0.4, -0.2) is 33.8 Å². The highest BCUT2D eigenvalue weighted by molar-refractivity contribution is 14.0. The van der Waals surface area contributed by atoms with Crippen LogP contribution in [0.25, 0.3) is 0 Å². The minimum atomic E-state index is 0. The van der Waals surface area contributed by atoms with Gasteiger partial charge in [-0.3, -0.25) is 4.99 Å². The van der Waals surface area contributed by atoms with E-state index in [4.69, 9.17) is 0 Å². The Labute approximate surface area is 148 Å². The monoisotopic (exact) mass is 416 g/mol. The zero-order valence-corrected chi connectivity index (χ0v) is 15.4. The Balaban J connectivity index is 0.00000176. The molecule has 0 aromatic carbocycles. The van der Waals surface area contributed by atoms with Crippen molar-refractivity contribution < 1.29 is 0 Å². The van der Waals surface area contributed by atoms with Gasteiger partial charge in [0.15, 0.2) is 11.8 Å². The minimum absolute atomic E-state index is 0. The van der Waals surface area contributed by atoms with Crippen molar-refractivity contribution in [3.05, 3.63) is 23.8 Å². The summed E-state index contributed by atoms with van der Waals surface area (Å²) in [6.45, 7) is 1.71. The molecule has 3 rings (SSSR count). The van der Waals surface area contributed by atoms with Crippen LogP contribution >= 0.6 is 24.0 Å². The summed E-state index contributed by atoms with van der Waals surface area (Å²) in [5.41, 5.74) is 0. The third kappa shape index (κ3) is 4.21. The van der Waals surface area contributed by atoms with Crippen molar-refractivity contribution in [3.8, 4) is 0 Å². The molecule has 1 aromatic rings. The van der Waals surface area contributed by atoms with Gasteiger partial charge in [-0.25, -0.2) is 0 Å². The van der Waals surface area contributed by atoms with Crippen molar-refractivity contribution in [2.75, 3.05) is 7.05 Å². The molecule has 0 fully saturated rings. The molecule has 0 spiro atoms. The summed E-state index contributed by atoms with van der Waals surface area (Å²) < 4.78 is 2.27. The Morgan fingerprint density at radius 1 is 1.27 bits per heavy atom. The van der Waals surface area contributed by atoms with Crippen molar-refractivity contribution in [2.45, 2.75) is 57.7 Å². The Morgan fingerprint density at radius 3 is 2.86 bits per heavy atom. The van der Waals surface area contributed by atoms with E-state index in [1.165, 1.54) is 19.3 Å². The summed E-state index contributed by atoms with van der Waals surface area (Å²) in [7, 11) is 1.81. The Bertz CT molecular complexity index is 528. The van der Waals surface area contributed by atoms with Gasteiger partial charge in [-0.15, -0.1) is 34.2 Å². The van der Waals surface area contributed by atoms with Gasteiger partial charge in [0.05, 0.1) is 6.54 Å². The zero-order valence-electron chi connectivity index (χ0n) is 13.1. The van der Waals surface area contributed by atoms with Gasteiger partial charge in [0.1, 0.15) is 5.82 Å². The molecular weight excluding hydrogens is 391 g/mol. The highest BCUT2D eigenvalue weighted by Gasteiger charge is 2.16. The molecule has 1 aliphatic heterocycles. The number of nitrogens with zero attached hydrogens (tertiary/aromatic N) is 4. The summed E-state index contributed by atoms with van der Waals surface area (Å²) in [5.74, 6) is 2.99. The first-order valence-corrected chi connectivity index (χ1v) is 7.90. The highest BCUT2D eigenvalue weighted by Crippen LogP contribution is 2.14. The Hall–Kier alpha value is -1.12. The molecular formula is C15H25IN6. The van der Waals surface area contributed by atoms with Crippen molar-refractivity contribution in [1.29, 1.82) is 0 Å². The number of aromatic nitrogens is 3. The van der Waals surface area contributed by atoms with Crippen LogP contribution in [-0.2, 0) is 19.5 Å². The van der Waals surface area contributed by atoms with Crippen molar-refractivity contribution in [2.24, 2.45) is 4.99 Å². The van der Waals surface area contributed by atoms with E-state index in [2.05, 4.69) is 42.5 Å². The van der Waals surface area contributed by atoms with Crippen LogP contribution < -0.4 is 10.6 Å². The molecule has 2 aliphatic rings. The maximum absolute atomic E-state index is 4.33. The van der Waals surface area contributed by atoms with Gasteiger partial charge < -0.3 is 15.2 Å². The standard InChI is InChI=1S/C15H24N6.HI/c1-16-15(18-12-7-4-5-8-12)17-11-14-20-19-13-9-3-2-6-10-21(13)14;/h4-5,12H,2-3,6-11H2,1H3,(H2,16,17,18);1H. The van der Waals surface area contributed by atoms with Crippen LogP contribution in [0.1, 0.15) is 43.8 Å². The van der Waals surface area contributed by atoms with Crippen LogP contribution in [0.3, 0.4) is 0 Å². The van der Waals surface area contributed by atoms with Crippen LogP contribution in [0.4, 0.5) is 0 Å². The van der Waals surface area contributed by atoms with E-state index in [9.17, 15) is 0 Å². The molecule has 0 saturated heterocycles. The summed E-state index contributed by atoms with van der Waals surface area (Å²) in [5, 5.41) is 15.5. The maximum Gasteiger partial charge on any atom is 0.191 e. The maximum atomic E-state index is 4.33. The molecule has 22 heavy (non-hydrogen) atoms. The number of rotatable bonds is 3. The van der Waals surface area contributed by atoms with Gasteiger partial charge >= 0.3 is 0 Å². The molecule has 0 bridgehead atoms. The molecule has 0 atom stereocenters. The average molecular weight is 416 g/mol. The Kier molecular flexibility index (Phi) is 6.66. The lowest BCUT2D eigenvalue weighted by atomic mass is 10.2. The molecule has 0 radical (unpaired) electrons. The first-order valence-electron chi connectivity index (χ1n) is 7.90. The molecule has 1 aliphatic carbocycles. The van der Waals surface area contributed by atoms with Crippen LogP contribution in [0.2, 0.25) is 0 Å². The lowest BCUT2D eigenvalue weighted by molar-refractivity contribution is 0.589. The van der Waals surface area contributed by atoms with Gasteiger partial charge in [0, 0.05) is 26.1 Å². The van der Waals surface area contributed by atoms with Crippen molar-refractivity contribution in [1.82, 2.24) is 25.4 Å². The molecule has 0 unspecified atom stereocenters. The molecule has 6 nitrogen and oxygen atoms in total. The summed E-state index contributed by atoms with van der Waals surface area (Å²) in [4.78, 5) is 4.29. The molecule has 7 heteroatoms. The number of nitrogens with one attached hydrogen (secondary N) is 2. The first-order chi connectivity index (χ1) is 10.4. The fraction of sp³-hybridized carbons (Fsp3) is 0.667. The number of guanidine groups is 1. The van der Waals surface area contributed by atoms with Crippen molar-refractivity contribution >= 4 is 29.9 Å². The lowest BCUT2D eigenvalue weighted by Gasteiger charge is -2.17. The first kappa shape index (κ1) is 17.2. The van der Waals surface area contributed by atoms with E-state index in [0.717, 1.165) is 43.4 Å². The number of halogens is 1. The quantitative estimate of drug-likeness (QED) is 0.343. The van der Waals surface area contributed by atoms with Crippen LogP contribution in [0.5, 0.6) is 0 Å². The number of aliphatic imine (C=N–C) groups is 1. The predicted octanol–water partition coefficient (Wildman–Crippen LogP) is 2.01. The molecule has 1 aromatic heterocycles. The number of hydrogen-bond donors (Lipinski definition) is 2. The van der Waals surface area contributed by atoms with E-state index in [0.29, 0.717) is 12.6 Å². The second-order valence-electron chi connectivity index (χ2n) is 5.70. The third-order valence-corrected chi connectivity index (χ3v) is 4.17. The second kappa shape index (κ2) is 8.50. The summed E-state index contributed by atoms with van der Waals surface area (Å²) in [6, 6.07) is 0.465. The summed E-state index contributed by atoms with van der Waals surface area (Å²) in [6.07, 6.45) is 11.3. The van der Waals surface area contributed by atoms with Gasteiger partial charge in [0.2, 0.25) is 0 Å². The van der Waals surface area contributed by atoms with Gasteiger partial charge in [-0.2, -0.15) is 0 Å². The SMILES string of the molecule is CN=C(NCc1nnc2n1CCCCC2)NC1CC=CC1.I. The smallest absolute Gasteiger partial charge is 0.191 e. The van der Waals surface area contributed by atoms with E-state index >= 15 is 0 Å². The zero-order chi connectivity index (χ0) is 14.5. The molecule has 0 amide bonds. The fourth-order valence-corrected chi connectivity index (χ4v) is 2.96. The normalized spacial score (nSPS) is 18.5. The lowest BCUT2D eigenvalue weighted by Crippen LogP contribution is -2.42. The topological polar surface area (TPSA) is 67.1 Å². The van der Waals surface area contributed by atoms with Gasteiger partial charge in [-0.1, -0.05) is 18.6 Å². The number of hydrogen-bond acceptors (Lipinski definition) is 3. The third-order valence-electron chi connectivity index (χ3n) is 4.17.